The van der Waals surface area contributed by atoms with Crippen molar-refractivity contribution in [3.05, 3.63) is 62.2 Å². The van der Waals surface area contributed by atoms with E-state index in [4.69, 9.17) is 9.26 Å². The second-order valence-corrected chi connectivity index (χ2v) is 7.83. The zero-order valence-electron chi connectivity index (χ0n) is 17.3. The van der Waals surface area contributed by atoms with Crippen LogP contribution in [-0.4, -0.2) is 27.4 Å². The van der Waals surface area contributed by atoms with Crippen LogP contribution >= 0.6 is 15.9 Å². The topological polar surface area (TPSA) is 82.2 Å². The third-order valence-corrected chi connectivity index (χ3v) is 6.02. The molecule has 2 aromatic heterocycles. The number of benzene rings is 1. The summed E-state index contributed by atoms with van der Waals surface area (Å²) in [6.45, 7) is 10.9. The molecule has 0 fully saturated rings. The Labute approximate surface area is 178 Å². The molecule has 8 heteroatoms. The average Bonchev–Trinajstić information content (AvgIpc) is 3.16. The molecule has 0 saturated heterocycles. The highest BCUT2D eigenvalue weighted by Gasteiger charge is 2.21. The summed E-state index contributed by atoms with van der Waals surface area (Å²) >= 11 is 3.51. The number of aryl methyl sites for hydroxylation is 4. The van der Waals surface area contributed by atoms with Gasteiger partial charge in [-0.05, 0) is 61.7 Å². The minimum Gasteiger partial charge on any atom is -0.488 e. The van der Waals surface area contributed by atoms with Gasteiger partial charge in [0, 0.05) is 12.2 Å². The second-order valence-electron chi connectivity index (χ2n) is 7.04. The Bertz CT molecular complexity index is 1020. The number of rotatable bonds is 7. The molecule has 7 nitrogen and oxygen atoms in total. The summed E-state index contributed by atoms with van der Waals surface area (Å²) in [5, 5.41) is 11.3. The quantitative estimate of drug-likeness (QED) is 0.571. The van der Waals surface area contributed by atoms with E-state index < -0.39 is 0 Å². The van der Waals surface area contributed by atoms with E-state index in [1.54, 1.807) is 6.92 Å². The number of aromatic nitrogens is 3. The Balaban J connectivity index is 1.65. The van der Waals surface area contributed by atoms with Crippen molar-refractivity contribution in [3.8, 4) is 5.75 Å². The molecular formula is C21H25BrN4O3. The fourth-order valence-electron chi connectivity index (χ4n) is 3.16. The van der Waals surface area contributed by atoms with Gasteiger partial charge in [0.05, 0.1) is 22.3 Å². The summed E-state index contributed by atoms with van der Waals surface area (Å²) < 4.78 is 14.1. The molecule has 29 heavy (non-hydrogen) atoms. The van der Waals surface area contributed by atoms with Crippen LogP contribution in [0.15, 0.2) is 27.2 Å². The molecule has 0 aliphatic rings. The lowest BCUT2D eigenvalue weighted by Gasteiger charge is -2.12. The summed E-state index contributed by atoms with van der Waals surface area (Å²) in [7, 11) is 0. The molecule has 0 unspecified atom stereocenters. The average molecular weight is 461 g/mol. The molecule has 1 aromatic carbocycles. The first-order valence-electron chi connectivity index (χ1n) is 9.41. The van der Waals surface area contributed by atoms with Crippen LogP contribution in [0.5, 0.6) is 5.75 Å². The summed E-state index contributed by atoms with van der Waals surface area (Å²) in [5.41, 5.74) is 4.94. The standard InChI is InChI=1S/C21H25BrN4O3/c1-12-7-6-8-13(2)20(12)28-11-17-16(5)29-25-19(17)21(27)23-9-10-26-15(4)18(22)14(3)24-26/h6-8H,9-11H2,1-5H3,(H,23,27). The molecule has 2 heterocycles. The van der Waals surface area contributed by atoms with Gasteiger partial charge in [-0.3, -0.25) is 9.48 Å². The molecule has 3 aromatic rings. The van der Waals surface area contributed by atoms with Gasteiger partial charge in [0.2, 0.25) is 0 Å². The lowest BCUT2D eigenvalue weighted by Crippen LogP contribution is -2.29. The zero-order chi connectivity index (χ0) is 21.1. The largest absolute Gasteiger partial charge is 0.488 e. The summed E-state index contributed by atoms with van der Waals surface area (Å²) in [4.78, 5) is 12.6. The van der Waals surface area contributed by atoms with Crippen molar-refractivity contribution < 1.29 is 14.1 Å². The number of ether oxygens (including phenoxy) is 1. The minimum atomic E-state index is -0.289. The van der Waals surface area contributed by atoms with Crippen molar-refractivity contribution in [1.82, 2.24) is 20.3 Å². The zero-order valence-corrected chi connectivity index (χ0v) is 18.9. The highest BCUT2D eigenvalue weighted by molar-refractivity contribution is 9.10. The molecule has 1 N–H and O–H groups in total. The van der Waals surface area contributed by atoms with Gasteiger partial charge in [-0.25, -0.2) is 0 Å². The third kappa shape index (κ3) is 4.53. The van der Waals surface area contributed by atoms with E-state index in [1.807, 2.05) is 50.6 Å². The molecule has 0 atom stereocenters. The lowest BCUT2D eigenvalue weighted by molar-refractivity contribution is 0.0940. The van der Waals surface area contributed by atoms with Gasteiger partial charge >= 0.3 is 0 Å². The Morgan fingerprint density at radius 1 is 1.21 bits per heavy atom. The molecule has 0 radical (unpaired) electrons. The van der Waals surface area contributed by atoms with Crippen LogP contribution in [0.3, 0.4) is 0 Å². The molecule has 0 aliphatic carbocycles. The highest BCUT2D eigenvalue weighted by atomic mass is 79.9. The van der Waals surface area contributed by atoms with Crippen molar-refractivity contribution in [3.63, 3.8) is 0 Å². The third-order valence-electron chi connectivity index (χ3n) is 4.87. The molecule has 0 aliphatic heterocycles. The van der Waals surface area contributed by atoms with E-state index in [0.29, 0.717) is 24.4 Å². The molecular weight excluding hydrogens is 436 g/mol. The van der Waals surface area contributed by atoms with E-state index >= 15 is 0 Å². The number of hydrogen-bond donors (Lipinski definition) is 1. The van der Waals surface area contributed by atoms with Gasteiger partial charge in [-0.2, -0.15) is 5.10 Å². The van der Waals surface area contributed by atoms with Crippen molar-refractivity contribution in [2.24, 2.45) is 0 Å². The number of carbonyl (C=O) groups excluding carboxylic acids is 1. The SMILES string of the molecule is Cc1cccc(C)c1OCc1c(C(=O)NCCn2nc(C)c(Br)c2C)noc1C. The van der Waals surface area contributed by atoms with Crippen molar-refractivity contribution in [2.45, 2.75) is 47.8 Å². The molecule has 154 valence electrons. The van der Waals surface area contributed by atoms with Crippen LogP contribution in [0.25, 0.3) is 0 Å². The first-order valence-corrected chi connectivity index (χ1v) is 10.2. The van der Waals surface area contributed by atoms with E-state index in [2.05, 4.69) is 31.5 Å². The monoisotopic (exact) mass is 460 g/mol. The fourth-order valence-corrected chi connectivity index (χ4v) is 3.45. The number of hydrogen-bond acceptors (Lipinski definition) is 5. The number of para-hydroxylation sites is 1. The Morgan fingerprint density at radius 2 is 1.90 bits per heavy atom. The highest BCUT2D eigenvalue weighted by Crippen LogP contribution is 2.25. The number of nitrogens with one attached hydrogen (secondary N) is 1. The van der Waals surface area contributed by atoms with Crippen molar-refractivity contribution in [2.75, 3.05) is 6.54 Å². The van der Waals surface area contributed by atoms with Crippen molar-refractivity contribution in [1.29, 1.82) is 0 Å². The molecule has 3 rings (SSSR count). The van der Waals surface area contributed by atoms with E-state index in [9.17, 15) is 4.79 Å². The summed E-state index contributed by atoms with van der Waals surface area (Å²) in [6.07, 6.45) is 0. The van der Waals surface area contributed by atoms with E-state index in [0.717, 1.165) is 32.7 Å². The number of nitrogens with zero attached hydrogens (tertiary/aromatic N) is 3. The van der Waals surface area contributed by atoms with Crippen LogP contribution in [0, 0.1) is 34.6 Å². The van der Waals surface area contributed by atoms with Gasteiger partial charge in [-0.15, -0.1) is 0 Å². The lowest BCUT2D eigenvalue weighted by atomic mass is 10.1. The molecule has 0 saturated carbocycles. The Hall–Kier alpha value is -2.61. The van der Waals surface area contributed by atoms with Gasteiger partial charge in [-0.1, -0.05) is 23.4 Å². The molecule has 0 bridgehead atoms. The second kappa shape index (κ2) is 8.82. The van der Waals surface area contributed by atoms with Crippen LogP contribution in [0.4, 0.5) is 0 Å². The fraction of sp³-hybridized carbons (Fsp3) is 0.381. The predicted octanol–water partition coefficient (Wildman–Crippen LogP) is 4.18. The van der Waals surface area contributed by atoms with Crippen LogP contribution in [-0.2, 0) is 13.2 Å². The van der Waals surface area contributed by atoms with E-state index in [-0.39, 0.29) is 18.2 Å². The normalized spacial score (nSPS) is 11.0. The number of halogens is 1. The van der Waals surface area contributed by atoms with Gasteiger partial charge in [0.15, 0.2) is 5.69 Å². The van der Waals surface area contributed by atoms with Gasteiger partial charge in [0.1, 0.15) is 18.1 Å². The Morgan fingerprint density at radius 3 is 2.52 bits per heavy atom. The molecule has 0 spiro atoms. The van der Waals surface area contributed by atoms with Crippen molar-refractivity contribution >= 4 is 21.8 Å². The maximum Gasteiger partial charge on any atom is 0.273 e. The molecule has 1 amide bonds. The minimum absolute atomic E-state index is 0.216. The number of amides is 1. The number of carbonyl (C=O) groups is 1. The summed E-state index contributed by atoms with van der Waals surface area (Å²) in [5.74, 6) is 1.10. The smallest absolute Gasteiger partial charge is 0.273 e. The first-order chi connectivity index (χ1) is 13.8. The summed E-state index contributed by atoms with van der Waals surface area (Å²) in [6, 6.07) is 5.98. The maximum absolute atomic E-state index is 12.6. The van der Waals surface area contributed by atoms with Crippen LogP contribution in [0.2, 0.25) is 0 Å². The maximum atomic E-state index is 12.6. The predicted molar refractivity (Wildman–Crippen MR) is 113 cm³/mol. The Kier molecular flexibility index (Phi) is 6.42. The van der Waals surface area contributed by atoms with Crippen LogP contribution < -0.4 is 10.1 Å². The van der Waals surface area contributed by atoms with Gasteiger partial charge < -0.3 is 14.6 Å². The first kappa shape index (κ1) is 21.1. The van der Waals surface area contributed by atoms with Crippen LogP contribution in [0.1, 0.15) is 44.3 Å². The van der Waals surface area contributed by atoms with Gasteiger partial charge in [0.25, 0.3) is 5.91 Å². The van der Waals surface area contributed by atoms with E-state index in [1.165, 1.54) is 0 Å².